The number of hydrogen-bond donors (Lipinski definition) is 2. The summed E-state index contributed by atoms with van der Waals surface area (Å²) in [6.45, 7) is 0. The molecule has 0 spiro atoms. The zero-order valence-electron chi connectivity index (χ0n) is 14.1. The third-order valence-electron chi connectivity index (χ3n) is 4.62. The van der Waals surface area contributed by atoms with Gasteiger partial charge in [-0.05, 0) is 24.5 Å². The van der Waals surface area contributed by atoms with Crippen molar-refractivity contribution >= 4 is 28.3 Å². The van der Waals surface area contributed by atoms with Gasteiger partial charge in [0.1, 0.15) is 5.69 Å². The van der Waals surface area contributed by atoms with E-state index in [4.69, 9.17) is 0 Å². The quantitative estimate of drug-likeness (QED) is 0.675. The summed E-state index contributed by atoms with van der Waals surface area (Å²) in [6, 6.07) is 11.5. The van der Waals surface area contributed by atoms with E-state index in [9.17, 15) is 9.59 Å². The van der Waals surface area contributed by atoms with Crippen LogP contribution in [0.15, 0.2) is 48.0 Å². The number of nitrogens with one attached hydrogen (secondary N) is 2. The molecule has 1 aliphatic carbocycles. The number of aromatic nitrogens is 2. The molecule has 0 bridgehead atoms. The Labute approximate surface area is 154 Å². The van der Waals surface area contributed by atoms with Crippen molar-refractivity contribution in [1.82, 2.24) is 9.97 Å². The highest BCUT2D eigenvalue weighted by Gasteiger charge is 2.51. The summed E-state index contributed by atoms with van der Waals surface area (Å²) in [5.41, 5.74) is 2.44. The summed E-state index contributed by atoms with van der Waals surface area (Å²) in [7, 11) is 1.33. The number of nitrogens with zero attached hydrogens (tertiary/aromatic N) is 1. The molecule has 2 heterocycles. The van der Waals surface area contributed by atoms with Crippen LogP contribution in [-0.2, 0) is 14.9 Å². The van der Waals surface area contributed by atoms with Gasteiger partial charge in [0.25, 0.3) is 0 Å². The molecule has 26 heavy (non-hydrogen) atoms. The van der Waals surface area contributed by atoms with Gasteiger partial charge in [-0.15, -0.1) is 11.3 Å². The molecule has 1 amide bonds. The normalized spacial score (nSPS) is 14.7. The summed E-state index contributed by atoms with van der Waals surface area (Å²) < 4.78 is 4.68. The van der Waals surface area contributed by atoms with Crippen LogP contribution in [0.1, 0.15) is 28.9 Å². The van der Waals surface area contributed by atoms with Crippen LogP contribution >= 0.6 is 11.3 Å². The van der Waals surface area contributed by atoms with Crippen LogP contribution < -0.4 is 5.32 Å². The topological polar surface area (TPSA) is 84.1 Å². The minimum Gasteiger partial charge on any atom is -0.464 e. The molecule has 0 atom stereocenters. The van der Waals surface area contributed by atoms with E-state index in [0.29, 0.717) is 16.5 Å². The van der Waals surface area contributed by atoms with Crippen molar-refractivity contribution in [3.63, 3.8) is 0 Å². The van der Waals surface area contributed by atoms with Crippen LogP contribution in [0.2, 0.25) is 0 Å². The molecule has 6 nitrogen and oxygen atoms in total. The molecule has 0 radical (unpaired) electrons. The van der Waals surface area contributed by atoms with Crippen LogP contribution in [0.5, 0.6) is 0 Å². The molecular formula is C19H17N3O3S. The van der Waals surface area contributed by atoms with E-state index < -0.39 is 11.4 Å². The maximum Gasteiger partial charge on any atom is 0.354 e. The minimum atomic E-state index is -0.432. The van der Waals surface area contributed by atoms with Crippen molar-refractivity contribution in [2.75, 3.05) is 12.4 Å². The van der Waals surface area contributed by atoms with Crippen LogP contribution in [0.3, 0.4) is 0 Å². The molecule has 1 aliphatic rings. The lowest BCUT2D eigenvalue weighted by atomic mass is 9.95. The number of ether oxygens (including phenoxy) is 1. The van der Waals surface area contributed by atoms with Crippen molar-refractivity contribution in [3.05, 3.63) is 59.2 Å². The van der Waals surface area contributed by atoms with Crippen LogP contribution in [0.25, 0.3) is 11.3 Å². The summed E-state index contributed by atoms with van der Waals surface area (Å²) in [5, 5.41) is 5.34. The van der Waals surface area contributed by atoms with Gasteiger partial charge in [0.05, 0.1) is 18.2 Å². The van der Waals surface area contributed by atoms with E-state index in [1.165, 1.54) is 18.4 Å². The highest BCUT2D eigenvalue weighted by molar-refractivity contribution is 7.14. The number of benzene rings is 1. The number of amides is 1. The number of carbonyl (C=O) groups excluding carboxylic acids is 2. The standard InChI is InChI=1S/C19H17N3O3S/c1-25-16(23)14-9-12(10-20-14)15-11-26-18(21-15)22-17(24)19(7-8-19)13-5-3-2-4-6-13/h2-6,9-11,20H,7-8H2,1H3,(H,21,22,24). The summed E-state index contributed by atoms with van der Waals surface area (Å²) >= 11 is 1.36. The molecule has 2 aromatic heterocycles. The number of carbonyl (C=O) groups is 2. The summed E-state index contributed by atoms with van der Waals surface area (Å²) in [6.07, 6.45) is 3.39. The lowest BCUT2D eigenvalue weighted by Gasteiger charge is -2.14. The van der Waals surface area contributed by atoms with Crippen molar-refractivity contribution in [1.29, 1.82) is 0 Å². The van der Waals surface area contributed by atoms with E-state index in [-0.39, 0.29) is 5.91 Å². The fourth-order valence-corrected chi connectivity index (χ4v) is 3.69. The molecule has 1 fully saturated rings. The van der Waals surface area contributed by atoms with Crippen LogP contribution in [-0.4, -0.2) is 29.0 Å². The maximum absolute atomic E-state index is 12.8. The fraction of sp³-hybridized carbons (Fsp3) is 0.211. The number of hydrogen-bond acceptors (Lipinski definition) is 5. The molecule has 1 aromatic carbocycles. The van der Waals surface area contributed by atoms with Crippen LogP contribution in [0.4, 0.5) is 5.13 Å². The van der Waals surface area contributed by atoms with Crippen LogP contribution in [0, 0.1) is 0 Å². The van der Waals surface area contributed by atoms with E-state index in [1.54, 1.807) is 12.3 Å². The average Bonchev–Trinajstić information content (AvgIpc) is 3.11. The Balaban J connectivity index is 1.50. The van der Waals surface area contributed by atoms with Crippen molar-refractivity contribution in [3.8, 4) is 11.3 Å². The second-order valence-electron chi connectivity index (χ2n) is 6.23. The molecule has 7 heteroatoms. The Morgan fingerprint density at radius 3 is 2.73 bits per heavy atom. The number of H-pyrrole nitrogens is 1. The van der Waals surface area contributed by atoms with Gasteiger partial charge in [0.15, 0.2) is 5.13 Å². The van der Waals surface area contributed by atoms with Crippen molar-refractivity contribution < 1.29 is 14.3 Å². The van der Waals surface area contributed by atoms with E-state index >= 15 is 0 Å². The molecule has 3 aromatic rings. The monoisotopic (exact) mass is 367 g/mol. The second-order valence-corrected chi connectivity index (χ2v) is 7.09. The summed E-state index contributed by atoms with van der Waals surface area (Å²) in [4.78, 5) is 31.6. The molecule has 0 unspecified atom stereocenters. The Hall–Kier alpha value is -2.93. The highest BCUT2D eigenvalue weighted by atomic mass is 32.1. The first-order valence-corrected chi connectivity index (χ1v) is 9.10. The molecule has 4 rings (SSSR count). The van der Waals surface area contributed by atoms with Gasteiger partial charge in [-0.25, -0.2) is 9.78 Å². The van der Waals surface area contributed by atoms with Gasteiger partial charge < -0.3 is 15.0 Å². The number of methoxy groups -OCH3 is 1. The molecule has 1 saturated carbocycles. The molecule has 0 aliphatic heterocycles. The first-order chi connectivity index (χ1) is 12.6. The Morgan fingerprint density at radius 1 is 1.27 bits per heavy atom. The predicted molar refractivity (Wildman–Crippen MR) is 99.2 cm³/mol. The van der Waals surface area contributed by atoms with Gasteiger partial charge in [0, 0.05) is 17.1 Å². The van der Waals surface area contributed by atoms with Gasteiger partial charge in [-0.1, -0.05) is 30.3 Å². The van der Waals surface area contributed by atoms with Gasteiger partial charge in [0.2, 0.25) is 5.91 Å². The first kappa shape index (κ1) is 16.5. The number of rotatable bonds is 5. The zero-order valence-corrected chi connectivity index (χ0v) is 14.9. The molecule has 132 valence electrons. The lowest BCUT2D eigenvalue weighted by molar-refractivity contribution is -0.118. The maximum atomic E-state index is 12.8. The number of thiazole rings is 1. The Morgan fingerprint density at radius 2 is 2.04 bits per heavy atom. The third kappa shape index (κ3) is 2.90. The number of aromatic amines is 1. The number of anilines is 1. The first-order valence-electron chi connectivity index (χ1n) is 8.22. The lowest BCUT2D eigenvalue weighted by Crippen LogP contribution is -2.27. The van der Waals surface area contributed by atoms with Crippen molar-refractivity contribution in [2.45, 2.75) is 18.3 Å². The van der Waals surface area contributed by atoms with Crippen molar-refractivity contribution in [2.24, 2.45) is 0 Å². The molecule has 0 saturated heterocycles. The number of esters is 1. The molecular weight excluding hydrogens is 350 g/mol. The smallest absolute Gasteiger partial charge is 0.354 e. The average molecular weight is 367 g/mol. The predicted octanol–water partition coefficient (Wildman–Crippen LogP) is 3.60. The van der Waals surface area contributed by atoms with Gasteiger partial charge >= 0.3 is 5.97 Å². The fourth-order valence-electron chi connectivity index (χ4n) is 2.98. The largest absolute Gasteiger partial charge is 0.464 e. The highest BCUT2D eigenvalue weighted by Crippen LogP contribution is 2.49. The molecule has 2 N–H and O–H groups in total. The van der Waals surface area contributed by atoms with E-state index in [1.807, 2.05) is 35.7 Å². The van der Waals surface area contributed by atoms with Gasteiger partial charge in [-0.3, -0.25) is 4.79 Å². The Bertz CT molecular complexity index is 957. The zero-order chi connectivity index (χ0) is 18.1. The van der Waals surface area contributed by atoms with E-state index in [2.05, 4.69) is 20.0 Å². The summed E-state index contributed by atoms with van der Waals surface area (Å²) in [5.74, 6) is -0.451. The third-order valence-corrected chi connectivity index (χ3v) is 5.38. The minimum absolute atomic E-state index is 0.0195. The van der Waals surface area contributed by atoms with E-state index in [0.717, 1.165) is 24.0 Å². The van der Waals surface area contributed by atoms with Gasteiger partial charge in [-0.2, -0.15) is 0 Å². The second kappa shape index (κ2) is 6.42. The Kier molecular flexibility index (Phi) is 4.08. The SMILES string of the molecule is COC(=O)c1cc(-c2csc(NC(=O)C3(c4ccccc4)CC3)n2)c[nH]1.